The van der Waals surface area contributed by atoms with Gasteiger partial charge < -0.3 is 15.0 Å². The summed E-state index contributed by atoms with van der Waals surface area (Å²) >= 11 is 0. The Kier molecular flexibility index (Phi) is 4.28. The van der Waals surface area contributed by atoms with E-state index in [1.54, 1.807) is 18.6 Å². The molecule has 0 saturated carbocycles. The van der Waals surface area contributed by atoms with Gasteiger partial charge in [-0.05, 0) is 25.0 Å². The molecule has 0 spiro atoms. The van der Waals surface area contributed by atoms with Crippen molar-refractivity contribution in [1.29, 1.82) is 0 Å². The smallest absolute Gasteiger partial charge is 0.245 e. The van der Waals surface area contributed by atoms with Gasteiger partial charge in [-0.25, -0.2) is 15.0 Å². The molecule has 0 atom stereocenters. The molecule has 2 aromatic heterocycles. The van der Waals surface area contributed by atoms with E-state index in [-0.39, 0.29) is 18.5 Å². The maximum atomic E-state index is 12.1. The second-order valence-corrected chi connectivity index (χ2v) is 6.86. The number of carbonyl (C=O) groups is 1. The van der Waals surface area contributed by atoms with E-state index in [4.69, 9.17) is 9.72 Å². The lowest BCUT2D eigenvalue weighted by Gasteiger charge is -2.37. The van der Waals surface area contributed by atoms with E-state index in [0.717, 1.165) is 24.1 Å². The summed E-state index contributed by atoms with van der Waals surface area (Å²) in [6.45, 7) is 2.28. The van der Waals surface area contributed by atoms with Crippen LogP contribution in [-0.2, 0) is 9.53 Å². The summed E-state index contributed by atoms with van der Waals surface area (Å²) in [5.41, 5.74) is 2.30. The van der Waals surface area contributed by atoms with Crippen LogP contribution in [0.2, 0.25) is 0 Å². The zero-order chi connectivity index (χ0) is 18.9. The molecule has 1 N–H and O–H groups in total. The number of rotatable bonds is 3. The third-order valence-electron chi connectivity index (χ3n) is 5.05. The molecule has 1 saturated heterocycles. The normalized spacial score (nSPS) is 19.4. The van der Waals surface area contributed by atoms with Gasteiger partial charge in [0.2, 0.25) is 5.91 Å². The molecule has 1 fully saturated rings. The molecular formula is C19H19N7O2. The van der Waals surface area contributed by atoms with Gasteiger partial charge in [-0.15, -0.1) is 0 Å². The van der Waals surface area contributed by atoms with Gasteiger partial charge in [0.25, 0.3) is 0 Å². The summed E-state index contributed by atoms with van der Waals surface area (Å²) in [4.78, 5) is 36.4. The van der Waals surface area contributed by atoms with Crippen molar-refractivity contribution < 1.29 is 9.53 Å². The van der Waals surface area contributed by atoms with E-state index in [2.05, 4.69) is 30.2 Å². The second kappa shape index (κ2) is 7.08. The molecule has 0 bridgehead atoms. The summed E-state index contributed by atoms with van der Waals surface area (Å²) in [5, 5.41) is 2.82. The van der Waals surface area contributed by atoms with E-state index in [1.807, 2.05) is 12.1 Å². The van der Waals surface area contributed by atoms with Crippen molar-refractivity contribution in [3.8, 4) is 11.3 Å². The Morgan fingerprint density at radius 3 is 2.75 bits per heavy atom. The largest absolute Gasteiger partial charge is 0.381 e. The van der Waals surface area contributed by atoms with Gasteiger partial charge in [0.15, 0.2) is 17.5 Å². The summed E-state index contributed by atoms with van der Waals surface area (Å²) < 4.78 is 5.46. The number of nitrogens with zero attached hydrogens (tertiary/aromatic N) is 6. The van der Waals surface area contributed by atoms with Gasteiger partial charge in [0.1, 0.15) is 5.69 Å². The Balaban J connectivity index is 1.47. The van der Waals surface area contributed by atoms with Crippen LogP contribution in [0.5, 0.6) is 0 Å². The summed E-state index contributed by atoms with van der Waals surface area (Å²) in [6, 6.07) is 4.05. The van der Waals surface area contributed by atoms with Crippen LogP contribution in [0.25, 0.3) is 11.3 Å². The van der Waals surface area contributed by atoms with E-state index < -0.39 is 0 Å². The average molecular weight is 377 g/mol. The van der Waals surface area contributed by atoms with Crippen molar-refractivity contribution >= 4 is 29.6 Å². The third kappa shape index (κ3) is 3.13. The third-order valence-corrected chi connectivity index (χ3v) is 5.05. The maximum absolute atomic E-state index is 12.1. The van der Waals surface area contributed by atoms with E-state index in [0.29, 0.717) is 42.9 Å². The fraction of sp³-hybridized carbons (Fsp3) is 0.368. The number of aliphatic imine (C=N–C) groups is 2. The number of nitrogens with one attached hydrogen (secondary N) is 1. The van der Waals surface area contributed by atoms with Crippen molar-refractivity contribution in [3.05, 3.63) is 30.2 Å². The van der Waals surface area contributed by atoms with Gasteiger partial charge in [0.05, 0.1) is 25.0 Å². The highest BCUT2D eigenvalue weighted by molar-refractivity contribution is 6.05. The number of amidine groups is 1. The number of aromatic nitrogens is 3. The van der Waals surface area contributed by atoms with Gasteiger partial charge in [0, 0.05) is 37.2 Å². The molecule has 3 aliphatic heterocycles. The molecule has 0 radical (unpaired) electrons. The molecule has 3 aliphatic rings. The van der Waals surface area contributed by atoms with Gasteiger partial charge in [-0.3, -0.25) is 14.8 Å². The van der Waals surface area contributed by atoms with Crippen LogP contribution in [0.3, 0.4) is 0 Å². The van der Waals surface area contributed by atoms with E-state index in [1.165, 1.54) is 0 Å². The first-order valence-electron chi connectivity index (χ1n) is 9.33. The van der Waals surface area contributed by atoms with Gasteiger partial charge >= 0.3 is 0 Å². The molecule has 9 heteroatoms. The highest BCUT2D eigenvalue weighted by atomic mass is 16.5. The molecule has 5 rings (SSSR count). The van der Waals surface area contributed by atoms with E-state index >= 15 is 0 Å². The minimum Gasteiger partial charge on any atom is -0.381 e. The average Bonchev–Trinajstić information content (AvgIpc) is 3.28. The van der Waals surface area contributed by atoms with Crippen LogP contribution in [0.1, 0.15) is 18.5 Å². The number of carbonyl (C=O) groups excluding carboxylic acids is 1. The molecule has 5 heterocycles. The number of ether oxygens (including phenoxy) is 1. The van der Waals surface area contributed by atoms with Crippen LogP contribution in [0.4, 0.5) is 11.6 Å². The monoisotopic (exact) mass is 377 g/mol. The number of anilines is 2. The van der Waals surface area contributed by atoms with Crippen LogP contribution >= 0.6 is 0 Å². The Morgan fingerprint density at radius 1 is 1.11 bits per heavy atom. The SMILES string of the molecule is O=C1CN(C2CCOCC2)c2nc(-c3ccc(C4=NCC=N4)nc3)cnc2N1. The highest BCUT2D eigenvalue weighted by Gasteiger charge is 2.31. The number of fused-ring (bicyclic) bond motifs is 1. The number of hydrogen-bond acceptors (Lipinski definition) is 8. The fourth-order valence-electron chi connectivity index (χ4n) is 3.63. The number of pyridine rings is 1. The van der Waals surface area contributed by atoms with Gasteiger partial charge in [-0.2, -0.15) is 0 Å². The second-order valence-electron chi connectivity index (χ2n) is 6.86. The summed E-state index contributed by atoms with van der Waals surface area (Å²) in [7, 11) is 0. The lowest BCUT2D eigenvalue weighted by Crippen LogP contribution is -2.47. The molecule has 1 amide bonds. The Labute approximate surface area is 161 Å². The molecule has 2 aromatic rings. The minimum atomic E-state index is -0.0649. The van der Waals surface area contributed by atoms with E-state index in [9.17, 15) is 4.79 Å². The van der Waals surface area contributed by atoms with Crippen LogP contribution in [-0.4, -0.2) is 65.3 Å². The van der Waals surface area contributed by atoms with Crippen LogP contribution in [0, 0.1) is 0 Å². The lowest BCUT2D eigenvalue weighted by molar-refractivity contribution is -0.115. The predicted octanol–water partition coefficient (Wildman–Crippen LogP) is 1.31. The van der Waals surface area contributed by atoms with Crippen molar-refractivity contribution in [2.45, 2.75) is 18.9 Å². The molecule has 0 aromatic carbocycles. The van der Waals surface area contributed by atoms with Crippen molar-refractivity contribution in [2.75, 3.05) is 36.5 Å². The standard InChI is InChI=1S/C19H19N7O2/c27-16-11-26(13-3-7-28-8-4-13)19-18(25-16)23-10-15(24-19)12-1-2-14(22-9-12)17-20-5-6-21-17/h1-2,5,9-10,13H,3-4,6-8,11H2,(H,23,25,27). The Hall–Kier alpha value is -3.20. The Morgan fingerprint density at radius 2 is 2.00 bits per heavy atom. The highest BCUT2D eigenvalue weighted by Crippen LogP contribution is 2.32. The first-order valence-corrected chi connectivity index (χ1v) is 9.33. The molecule has 9 nitrogen and oxygen atoms in total. The zero-order valence-corrected chi connectivity index (χ0v) is 15.2. The first kappa shape index (κ1) is 16.9. The minimum absolute atomic E-state index is 0.0649. The topological polar surface area (TPSA) is 105 Å². The Bertz CT molecular complexity index is 965. The van der Waals surface area contributed by atoms with Crippen LogP contribution < -0.4 is 10.2 Å². The van der Waals surface area contributed by atoms with Gasteiger partial charge in [-0.1, -0.05) is 0 Å². The van der Waals surface area contributed by atoms with Crippen molar-refractivity contribution in [1.82, 2.24) is 15.0 Å². The molecular weight excluding hydrogens is 358 g/mol. The molecule has 142 valence electrons. The van der Waals surface area contributed by atoms with Crippen molar-refractivity contribution in [3.63, 3.8) is 0 Å². The quantitative estimate of drug-likeness (QED) is 0.865. The predicted molar refractivity (Wildman–Crippen MR) is 105 cm³/mol. The van der Waals surface area contributed by atoms with Crippen molar-refractivity contribution in [2.24, 2.45) is 9.98 Å². The number of hydrogen-bond donors (Lipinski definition) is 1. The fourth-order valence-corrected chi connectivity index (χ4v) is 3.63. The summed E-state index contributed by atoms with van der Waals surface area (Å²) in [5.74, 6) is 1.80. The van der Waals surface area contributed by atoms with Crippen LogP contribution in [0.15, 0.2) is 34.5 Å². The maximum Gasteiger partial charge on any atom is 0.245 e. The molecule has 28 heavy (non-hydrogen) atoms. The number of amides is 1. The molecule has 0 unspecified atom stereocenters. The molecule has 0 aliphatic carbocycles. The lowest BCUT2D eigenvalue weighted by atomic mass is 10.1. The zero-order valence-electron chi connectivity index (χ0n) is 15.2. The first-order chi connectivity index (χ1) is 13.8. The summed E-state index contributed by atoms with van der Waals surface area (Å²) in [6.07, 6.45) is 6.92.